The molecule has 3 heterocycles. The Kier molecular flexibility index (Phi) is 9.28. The summed E-state index contributed by atoms with van der Waals surface area (Å²) in [5.74, 6) is -0.835. The van der Waals surface area contributed by atoms with E-state index in [1.54, 1.807) is 23.2 Å². The first-order valence-corrected chi connectivity index (χ1v) is 13.4. The fourth-order valence-electron chi connectivity index (χ4n) is 5.38. The van der Waals surface area contributed by atoms with Gasteiger partial charge in [-0.3, -0.25) is 19.4 Å². The Labute approximate surface area is 213 Å². The minimum atomic E-state index is -0.522. The minimum absolute atomic E-state index is 0.00368. The minimum Gasteiger partial charge on any atom is -0.352 e. The zero-order valence-corrected chi connectivity index (χ0v) is 21.4. The zero-order chi connectivity index (χ0) is 25.3. The molecule has 2 N–H and O–H groups in total. The van der Waals surface area contributed by atoms with E-state index in [0.717, 1.165) is 50.8 Å². The van der Waals surface area contributed by atoms with E-state index in [2.05, 4.69) is 27.6 Å². The Morgan fingerprint density at radius 3 is 2.36 bits per heavy atom. The topological polar surface area (TPSA) is 96.3 Å². The van der Waals surface area contributed by atoms with E-state index in [1.165, 1.54) is 25.7 Å². The molecule has 2 amide bonds. The third-order valence-corrected chi connectivity index (χ3v) is 7.51. The molecule has 36 heavy (non-hydrogen) atoms. The van der Waals surface area contributed by atoms with Gasteiger partial charge in [0, 0.05) is 37.2 Å². The lowest BCUT2D eigenvalue weighted by atomic mass is 9.96. The summed E-state index contributed by atoms with van der Waals surface area (Å²) in [4.78, 5) is 46.3. The van der Waals surface area contributed by atoms with Crippen LogP contribution in [0.5, 0.6) is 0 Å². The lowest BCUT2D eigenvalue weighted by Crippen LogP contribution is -2.40. The number of nitrogens with zero attached hydrogens (tertiary/aromatic N) is 3. The lowest BCUT2D eigenvalue weighted by molar-refractivity contribution is 0.0928. The van der Waals surface area contributed by atoms with E-state index in [9.17, 15) is 14.4 Å². The fourth-order valence-corrected chi connectivity index (χ4v) is 5.38. The van der Waals surface area contributed by atoms with E-state index in [-0.39, 0.29) is 17.2 Å². The maximum Gasteiger partial charge on any atom is 0.256 e. The number of hydrogen-bond donors (Lipinski definition) is 2. The van der Waals surface area contributed by atoms with Crippen molar-refractivity contribution in [1.82, 2.24) is 25.1 Å². The van der Waals surface area contributed by atoms with Crippen LogP contribution in [0.4, 0.5) is 0 Å². The Morgan fingerprint density at radius 1 is 0.972 bits per heavy atom. The van der Waals surface area contributed by atoms with Gasteiger partial charge in [0.05, 0.1) is 12.2 Å². The molecule has 2 fully saturated rings. The average Bonchev–Trinajstić information content (AvgIpc) is 3.26. The highest BCUT2D eigenvalue weighted by molar-refractivity contribution is 5.99. The molecule has 1 unspecified atom stereocenters. The van der Waals surface area contributed by atoms with Gasteiger partial charge in [-0.2, -0.15) is 0 Å². The predicted octanol–water partition coefficient (Wildman–Crippen LogP) is 3.35. The van der Waals surface area contributed by atoms with Gasteiger partial charge >= 0.3 is 0 Å². The van der Waals surface area contributed by atoms with Gasteiger partial charge in [0.1, 0.15) is 11.1 Å². The number of hydrogen-bond acceptors (Lipinski definition) is 5. The molecule has 8 heteroatoms. The molecule has 1 aliphatic carbocycles. The summed E-state index contributed by atoms with van der Waals surface area (Å²) in [6, 6.07) is 6.11. The first-order chi connectivity index (χ1) is 17.5. The molecule has 4 rings (SSSR count). The summed E-state index contributed by atoms with van der Waals surface area (Å²) in [5.41, 5.74) is 0.265. The zero-order valence-electron chi connectivity index (χ0n) is 21.4. The highest BCUT2D eigenvalue weighted by Crippen LogP contribution is 2.18. The first-order valence-electron chi connectivity index (χ1n) is 13.4. The molecule has 2 aromatic rings. The van der Waals surface area contributed by atoms with Gasteiger partial charge in [-0.05, 0) is 57.8 Å². The van der Waals surface area contributed by atoms with E-state index in [1.807, 2.05) is 18.2 Å². The number of pyridine rings is 2. The van der Waals surface area contributed by atoms with Gasteiger partial charge in [-0.1, -0.05) is 38.2 Å². The van der Waals surface area contributed by atoms with Crippen molar-refractivity contribution < 1.29 is 9.59 Å². The van der Waals surface area contributed by atoms with Crippen molar-refractivity contribution in [2.45, 2.75) is 82.8 Å². The molecule has 0 radical (unpaired) electrons. The summed E-state index contributed by atoms with van der Waals surface area (Å²) in [6.45, 7) is 1.93. The number of carbonyl (C=O) groups is 2. The highest BCUT2D eigenvalue weighted by Gasteiger charge is 2.23. The molecule has 194 valence electrons. The number of likely N-dealkylation sites (tertiary alicyclic amines) is 1. The maximum absolute atomic E-state index is 13.3. The number of aromatic nitrogens is 2. The van der Waals surface area contributed by atoms with Crippen LogP contribution in [0.15, 0.2) is 41.6 Å². The van der Waals surface area contributed by atoms with Gasteiger partial charge in [0.25, 0.3) is 11.8 Å². The first kappa shape index (κ1) is 26.1. The van der Waals surface area contributed by atoms with Crippen LogP contribution in [-0.2, 0) is 6.54 Å². The number of nitrogens with one attached hydrogen (secondary N) is 2. The van der Waals surface area contributed by atoms with Crippen molar-refractivity contribution in [1.29, 1.82) is 0 Å². The molecule has 1 saturated carbocycles. The largest absolute Gasteiger partial charge is 0.352 e. The SMILES string of the molecule is CN1CCCC1CCNC(=O)c1cn(Cc2ccccn2)cc(C(=O)NC2CCCCCCC2)c1=O. The van der Waals surface area contributed by atoms with E-state index < -0.39 is 17.2 Å². The summed E-state index contributed by atoms with van der Waals surface area (Å²) in [7, 11) is 2.11. The molecule has 0 aromatic carbocycles. The van der Waals surface area contributed by atoms with Crippen molar-refractivity contribution >= 4 is 11.8 Å². The van der Waals surface area contributed by atoms with Crippen LogP contribution in [-0.4, -0.2) is 58.5 Å². The van der Waals surface area contributed by atoms with Crippen molar-refractivity contribution in [2.75, 3.05) is 20.1 Å². The summed E-state index contributed by atoms with van der Waals surface area (Å²) >= 11 is 0. The van der Waals surface area contributed by atoms with Crippen LogP contribution < -0.4 is 16.1 Å². The number of carbonyl (C=O) groups excluding carboxylic acids is 2. The number of amides is 2. The van der Waals surface area contributed by atoms with E-state index in [4.69, 9.17) is 0 Å². The molecular formula is C28H39N5O3. The van der Waals surface area contributed by atoms with Gasteiger partial charge in [-0.15, -0.1) is 0 Å². The lowest BCUT2D eigenvalue weighted by Gasteiger charge is -2.21. The van der Waals surface area contributed by atoms with Crippen LogP contribution in [0.3, 0.4) is 0 Å². The number of rotatable bonds is 8. The second-order valence-electron chi connectivity index (χ2n) is 10.2. The average molecular weight is 494 g/mol. The van der Waals surface area contributed by atoms with E-state index in [0.29, 0.717) is 19.1 Å². The summed E-state index contributed by atoms with van der Waals surface area (Å²) in [5, 5.41) is 6.00. The van der Waals surface area contributed by atoms with Crippen molar-refractivity contribution in [3.8, 4) is 0 Å². The van der Waals surface area contributed by atoms with Crippen LogP contribution in [0.25, 0.3) is 0 Å². The van der Waals surface area contributed by atoms with Gasteiger partial charge in [0.15, 0.2) is 0 Å². The van der Waals surface area contributed by atoms with Crippen LogP contribution >= 0.6 is 0 Å². The highest BCUT2D eigenvalue weighted by atomic mass is 16.2. The molecule has 8 nitrogen and oxygen atoms in total. The van der Waals surface area contributed by atoms with E-state index >= 15 is 0 Å². The molecule has 2 aliphatic rings. The third-order valence-electron chi connectivity index (χ3n) is 7.51. The summed E-state index contributed by atoms with van der Waals surface area (Å²) < 4.78 is 1.72. The van der Waals surface area contributed by atoms with Crippen molar-refractivity contribution in [3.05, 3.63) is 63.8 Å². The Morgan fingerprint density at radius 2 is 1.69 bits per heavy atom. The second-order valence-corrected chi connectivity index (χ2v) is 10.2. The quantitative estimate of drug-likeness (QED) is 0.588. The van der Waals surface area contributed by atoms with Crippen molar-refractivity contribution in [2.24, 2.45) is 0 Å². The molecule has 0 bridgehead atoms. The van der Waals surface area contributed by atoms with Crippen LogP contribution in [0, 0.1) is 0 Å². The molecule has 1 saturated heterocycles. The second kappa shape index (κ2) is 12.8. The third kappa shape index (κ3) is 7.03. The standard InChI is InChI=1S/C28H39N5O3/c1-32-17-9-13-23(32)14-16-30-27(35)24-19-33(18-22-12-7-8-15-29-22)20-25(26(24)34)28(36)31-21-10-5-3-2-4-6-11-21/h7-8,12,15,19-21,23H,2-6,9-11,13-14,16-18H2,1H3,(H,30,35)(H,31,36). The molecule has 1 aliphatic heterocycles. The van der Waals surface area contributed by atoms with Crippen LogP contribution in [0.1, 0.15) is 90.6 Å². The molecule has 0 spiro atoms. The smallest absolute Gasteiger partial charge is 0.256 e. The van der Waals surface area contributed by atoms with Gasteiger partial charge in [0.2, 0.25) is 5.43 Å². The summed E-state index contributed by atoms with van der Waals surface area (Å²) in [6.07, 6.45) is 15.5. The monoisotopic (exact) mass is 493 g/mol. The van der Waals surface area contributed by atoms with Crippen molar-refractivity contribution in [3.63, 3.8) is 0 Å². The maximum atomic E-state index is 13.3. The predicted molar refractivity (Wildman–Crippen MR) is 140 cm³/mol. The molecular weight excluding hydrogens is 454 g/mol. The Hall–Kier alpha value is -3.00. The fraction of sp³-hybridized carbons (Fsp3) is 0.571. The normalized spacial score (nSPS) is 19.4. The Balaban J connectivity index is 1.53. The molecule has 2 aromatic heterocycles. The van der Waals surface area contributed by atoms with Gasteiger partial charge in [-0.25, -0.2) is 0 Å². The van der Waals surface area contributed by atoms with Crippen LogP contribution in [0.2, 0.25) is 0 Å². The van der Waals surface area contributed by atoms with Gasteiger partial charge < -0.3 is 20.1 Å². The Bertz CT molecular complexity index is 1080. The molecule has 1 atom stereocenters.